The highest BCUT2D eigenvalue weighted by Gasteiger charge is 2.25. The van der Waals surface area contributed by atoms with Gasteiger partial charge in [-0.05, 0) is 17.8 Å². The molecule has 23 heavy (non-hydrogen) atoms. The molecule has 0 bridgehead atoms. The Kier molecular flexibility index (Phi) is 10.0. The van der Waals surface area contributed by atoms with Crippen LogP contribution >= 0.6 is 0 Å². The smallest absolute Gasteiger partial charge is 0.410 e. The van der Waals surface area contributed by atoms with Gasteiger partial charge in [-0.3, -0.25) is 9.59 Å². The molecule has 7 heteroatoms. The number of amides is 1. The van der Waals surface area contributed by atoms with E-state index in [1.54, 1.807) is 6.92 Å². The van der Waals surface area contributed by atoms with Gasteiger partial charge in [0.25, 0.3) is 0 Å². The number of aliphatic carboxylic acids is 1. The van der Waals surface area contributed by atoms with Crippen molar-refractivity contribution in [2.45, 2.75) is 60.2 Å². The number of hydrogen-bond donors (Lipinski definition) is 2. The largest absolute Gasteiger partial charge is 0.481 e. The second-order valence-corrected chi connectivity index (χ2v) is 5.80. The number of hydrogen-bond acceptors (Lipinski definition) is 5. The average Bonchev–Trinajstić information content (AvgIpc) is 2.48. The molecule has 0 aromatic carbocycles. The molecule has 0 aromatic rings. The number of carboxylic acid groups (broad SMARTS) is 1. The third kappa shape index (κ3) is 9.05. The Bertz CT molecular complexity index is 398. The van der Waals surface area contributed by atoms with E-state index in [-0.39, 0.29) is 31.2 Å². The molecule has 0 saturated carbocycles. The number of carboxylic acids is 1. The van der Waals surface area contributed by atoms with Crippen molar-refractivity contribution in [1.82, 2.24) is 5.32 Å². The molecule has 4 atom stereocenters. The van der Waals surface area contributed by atoms with E-state index >= 15 is 0 Å². The third-order valence-electron chi connectivity index (χ3n) is 4.09. The molecule has 0 aliphatic rings. The normalized spacial score (nSPS) is 15.9. The first-order chi connectivity index (χ1) is 10.7. The molecule has 0 heterocycles. The van der Waals surface area contributed by atoms with Crippen molar-refractivity contribution >= 4 is 18.0 Å². The van der Waals surface area contributed by atoms with E-state index in [0.717, 1.165) is 6.42 Å². The van der Waals surface area contributed by atoms with Crippen molar-refractivity contribution in [2.24, 2.45) is 17.8 Å². The van der Waals surface area contributed by atoms with Crippen LogP contribution < -0.4 is 5.32 Å². The van der Waals surface area contributed by atoms with E-state index in [0.29, 0.717) is 5.92 Å². The fourth-order valence-electron chi connectivity index (χ4n) is 2.20. The first-order valence-electron chi connectivity index (χ1n) is 8.06. The standard InChI is InChI=1S/C16H29NO6/c1-6-10(3)11(4)13(8-14(18)19)9-17-16(21)23-12(5)22-15(20)7-2/h10-13H,6-9H2,1-5H3,(H,17,21)(H,18,19)/t10-,11-,12-,13+/m1/s1. The average molecular weight is 331 g/mol. The molecule has 0 rings (SSSR count). The minimum Gasteiger partial charge on any atom is -0.481 e. The SMILES string of the molecule is CCC(=O)O[C@@H](C)OC(=O)NC[C@H](CC(=O)O)[C@H](C)[C@H](C)CC. The Morgan fingerprint density at radius 1 is 1.09 bits per heavy atom. The molecule has 0 fully saturated rings. The summed E-state index contributed by atoms with van der Waals surface area (Å²) < 4.78 is 9.73. The van der Waals surface area contributed by atoms with Gasteiger partial charge in [-0.1, -0.05) is 34.1 Å². The summed E-state index contributed by atoms with van der Waals surface area (Å²) in [7, 11) is 0. The Morgan fingerprint density at radius 3 is 2.17 bits per heavy atom. The van der Waals surface area contributed by atoms with Crippen molar-refractivity contribution in [1.29, 1.82) is 0 Å². The zero-order valence-corrected chi connectivity index (χ0v) is 14.6. The monoisotopic (exact) mass is 331 g/mol. The van der Waals surface area contributed by atoms with Crippen LogP contribution in [0.5, 0.6) is 0 Å². The summed E-state index contributed by atoms with van der Waals surface area (Å²) >= 11 is 0. The van der Waals surface area contributed by atoms with E-state index in [1.165, 1.54) is 6.92 Å². The Balaban J connectivity index is 4.46. The minimum absolute atomic E-state index is 0.0217. The lowest BCUT2D eigenvalue weighted by Crippen LogP contribution is -2.37. The number of carbonyl (C=O) groups excluding carboxylic acids is 2. The molecule has 0 radical (unpaired) electrons. The van der Waals surface area contributed by atoms with Gasteiger partial charge in [-0.2, -0.15) is 0 Å². The van der Waals surface area contributed by atoms with E-state index in [4.69, 9.17) is 14.6 Å². The molecule has 0 aliphatic carbocycles. The summed E-state index contributed by atoms with van der Waals surface area (Å²) in [6, 6.07) is 0. The highest BCUT2D eigenvalue weighted by Crippen LogP contribution is 2.25. The molecular formula is C16H29NO6. The summed E-state index contributed by atoms with van der Waals surface area (Å²) in [5.74, 6) is -1.05. The lowest BCUT2D eigenvalue weighted by atomic mass is 9.81. The van der Waals surface area contributed by atoms with Crippen LogP contribution in [0.1, 0.15) is 53.9 Å². The van der Waals surface area contributed by atoms with Gasteiger partial charge >= 0.3 is 18.0 Å². The maximum atomic E-state index is 11.7. The molecule has 134 valence electrons. The van der Waals surface area contributed by atoms with E-state index in [2.05, 4.69) is 12.2 Å². The lowest BCUT2D eigenvalue weighted by molar-refractivity contribution is -0.164. The Morgan fingerprint density at radius 2 is 1.70 bits per heavy atom. The van der Waals surface area contributed by atoms with E-state index in [1.807, 2.05) is 13.8 Å². The highest BCUT2D eigenvalue weighted by molar-refractivity contribution is 5.70. The number of alkyl carbamates (subject to hydrolysis) is 1. The van der Waals surface area contributed by atoms with Crippen molar-refractivity contribution < 1.29 is 29.0 Å². The maximum absolute atomic E-state index is 11.7. The zero-order valence-electron chi connectivity index (χ0n) is 14.6. The number of nitrogens with one attached hydrogen (secondary N) is 1. The van der Waals surface area contributed by atoms with Gasteiger partial charge in [-0.15, -0.1) is 0 Å². The van der Waals surface area contributed by atoms with Crippen LogP contribution in [0, 0.1) is 17.8 Å². The van der Waals surface area contributed by atoms with Crippen molar-refractivity contribution in [3.05, 3.63) is 0 Å². The van der Waals surface area contributed by atoms with Crippen LogP contribution in [-0.4, -0.2) is 36.0 Å². The summed E-state index contributed by atoms with van der Waals surface area (Å²) in [5, 5.41) is 11.6. The molecule has 7 nitrogen and oxygen atoms in total. The van der Waals surface area contributed by atoms with Gasteiger partial charge in [0, 0.05) is 19.9 Å². The summed E-state index contributed by atoms with van der Waals surface area (Å²) in [6.07, 6.45) is -0.596. The lowest BCUT2D eigenvalue weighted by Gasteiger charge is -2.27. The fourth-order valence-corrected chi connectivity index (χ4v) is 2.20. The second-order valence-electron chi connectivity index (χ2n) is 5.80. The van der Waals surface area contributed by atoms with Gasteiger partial charge in [0.1, 0.15) is 0 Å². The molecule has 1 amide bonds. The maximum Gasteiger partial charge on any atom is 0.410 e. The Labute approximate surface area is 137 Å². The fraction of sp³-hybridized carbons (Fsp3) is 0.812. The van der Waals surface area contributed by atoms with E-state index in [9.17, 15) is 14.4 Å². The van der Waals surface area contributed by atoms with E-state index < -0.39 is 24.3 Å². The van der Waals surface area contributed by atoms with Crippen molar-refractivity contribution in [3.63, 3.8) is 0 Å². The van der Waals surface area contributed by atoms with Crippen LogP contribution in [0.4, 0.5) is 4.79 Å². The van der Waals surface area contributed by atoms with Crippen LogP contribution in [0.15, 0.2) is 0 Å². The molecule has 0 spiro atoms. The predicted molar refractivity (Wildman–Crippen MR) is 84.7 cm³/mol. The minimum atomic E-state index is -0.979. The first-order valence-corrected chi connectivity index (χ1v) is 8.06. The molecule has 0 aliphatic heterocycles. The van der Waals surface area contributed by atoms with Crippen LogP contribution in [0.2, 0.25) is 0 Å². The van der Waals surface area contributed by atoms with Gasteiger partial charge in [0.2, 0.25) is 6.29 Å². The van der Waals surface area contributed by atoms with Crippen LogP contribution in [-0.2, 0) is 19.1 Å². The quantitative estimate of drug-likeness (QED) is 0.471. The van der Waals surface area contributed by atoms with Crippen molar-refractivity contribution in [2.75, 3.05) is 6.54 Å². The van der Waals surface area contributed by atoms with Crippen molar-refractivity contribution in [3.8, 4) is 0 Å². The molecule has 0 unspecified atom stereocenters. The number of carbonyl (C=O) groups is 3. The highest BCUT2D eigenvalue weighted by atomic mass is 16.7. The molecule has 0 saturated heterocycles. The second kappa shape index (κ2) is 10.9. The number of rotatable bonds is 10. The summed E-state index contributed by atoms with van der Waals surface area (Å²) in [6.45, 7) is 9.38. The Hall–Kier alpha value is -1.79. The topological polar surface area (TPSA) is 102 Å². The molecular weight excluding hydrogens is 302 g/mol. The van der Waals surface area contributed by atoms with Crippen LogP contribution in [0.25, 0.3) is 0 Å². The predicted octanol–water partition coefficient (Wildman–Crippen LogP) is 2.78. The summed E-state index contributed by atoms with van der Waals surface area (Å²) in [5.41, 5.74) is 0. The third-order valence-corrected chi connectivity index (χ3v) is 4.09. The first kappa shape index (κ1) is 21.2. The van der Waals surface area contributed by atoms with Crippen LogP contribution in [0.3, 0.4) is 0 Å². The van der Waals surface area contributed by atoms with Gasteiger partial charge < -0.3 is 19.9 Å². The van der Waals surface area contributed by atoms with Gasteiger partial charge in [-0.25, -0.2) is 4.79 Å². The molecule has 2 N–H and O–H groups in total. The van der Waals surface area contributed by atoms with Gasteiger partial charge in [0.05, 0.1) is 6.42 Å². The molecule has 0 aromatic heterocycles. The number of esters is 1. The van der Waals surface area contributed by atoms with Gasteiger partial charge in [0.15, 0.2) is 0 Å². The number of ether oxygens (including phenoxy) is 2. The summed E-state index contributed by atoms with van der Waals surface area (Å²) in [4.78, 5) is 33.8. The zero-order chi connectivity index (χ0) is 18.0.